The van der Waals surface area contributed by atoms with Gasteiger partial charge >= 0.3 is 0 Å². The van der Waals surface area contributed by atoms with Gasteiger partial charge in [-0.15, -0.1) is 11.3 Å². The van der Waals surface area contributed by atoms with E-state index in [0.717, 1.165) is 26.3 Å². The summed E-state index contributed by atoms with van der Waals surface area (Å²) >= 11 is 1.75. The van der Waals surface area contributed by atoms with Gasteiger partial charge in [-0.2, -0.15) is 5.26 Å². The molecule has 1 fully saturated rings. The smallest absolute Gasteiger partial charge is 0.232 e. The molecule has 2 aromatic heterocycles. The van der Waals surface area contributed by atoms with Crippen LogP contribution in [-0.2, 0) is 4.74 Å². The summed E-state index contributed by atoms with van der Waals surface area (Å²) in [5.41, 5.74) is 0.325. The molecule has 1 saturated heterocycles. The lowest BCUT2D eigenvalue weighted by Gasteiger charge is -2.34. The Kier molecular flexibility index (Phi) is 5.51. The van der Waals surface area contributed by atoms with Crippen molar-refractivity contribution in [1.29, 1.82) is 5.26 Å². The van der Waals surface area contributed by atoms with Crippen molar-refractivity contribution in [1.82, 2.24) is 9.88 Å². The molecule has 0 amide bonds. The molecule has 0 saturated carbocycles. The predicted octanol–water partition coefficient (Wildman–Crippen LogP) is 3.22. The highest BCUT2D eigenvalue weighted by Crippen LogP contribution is 2.28. The molecule has 1 unspecified atom stereocenters. The number of rotatable bonds is 6. The Labute approximate surface area is 146 Å². The van der Waals surface area contributed by atoms with Crippen molar-refractivity contribution in [2.45, 2.75) is 25.8 Å². The highest BCUT2D eigenvalue weighted by atomic mass is 32.1. The minimum absolute atomic E-state index is 0.153. The Morgan fingerprint density at radius 3 is 2.83 bits per heavy atom. The van der Waals surface area contributed by atoms with E-state index in [1.165, 1.54) is 4.88 Å². The second kappa shape index (κ2) is 7.79. The molecule has 24 heavy (non-hydrogen) atoms. The van der Waals surface area contributed by atoms with Crippen LogP contribution in [0.3, 0.4) is 0 Å². The third-order valence-corrected chi connectivity index (χ3v) is 5.03. The fraction of sp³-hybridized carbons (Fsp3) is 0.529. The fourth-order valence-corrected chi connectivity index (χ4v) is 3.61. The summed E-state index contributed by atoms with van der Waals surface area (Å²) in [4.78, 5) is 7.97. The zero-order valence-corrected chi connectivity index (χ0v) is 14.8. The van der Waals surface area contributed by atoms with Gasteiger partial charge in [0, 0.05) is 30.4 Å². The number of hydrogen-bond acceptors (Lipinski definition) is 7. The van der Waals surface area contributed by atoms with Crippen molar-refractivity contribution in [2.75, 3.05) is 38.2 Å². The first-order chi connectivity index (χ1) is 11.7. The quantitative estimate of drug-likeness (QED) is 0.866. The van der Waals surface area contributed by atoms with Crippen LogP contribution >= 0.6 is 11.3 Å². The van der Waals surface area contributed by atoms with Crippen LogP contribution in [0.25, 0.3) is 0 Å². The predicted molar refractivity (Wildman–Crippen MR) is 93.2 cm³/mol. The number of hydrogen-bond donors (Lipinski definition) is 1. The highest BCUT2D eigenvalue weighted by molar-refractivity contribution is 7.10. The van der Waals surface area contributed by atoms with Crippen molar-refractivity contribution in [3.63, 3.8) is 0 Å². The molecule has 1 aliphatic heterocycles. The summed E-state index contributed by atoms with van der Waals surface area (Å²) < 4.78 is 11.2. The van der Waals surface area contributed by atoms with Gasteiger partial charge in [0.1, 0.15) is 6.07 Å². The molecule has 0 aromatic carbocycles. The molecule has 1 aliphatic rings. The van der Waals surface area contributed by atoms with Gasteiger partial charge in [-0.05, 0) is 11.4 Å². The third kappa shape index (κ3) is 3.78. The molecule has 0 aliphatic carbocycles. The van der Waals surface area contributed by atoms with Crippen LogP contribution in [0.5, 0.6) is 0 Å². The Bertz CT molecular complexity index is 684. The Hall–Kier alpha value is -1.88. The topological polar surface area (TPSA) is 74.3 Å². The average molecular weight is 346 g/mol. The van der Waals surface area contributed by atoms with E-state index in [0.29, 0.717) is 24.0 Å². The van der Waals surface area contributed by atoms with Crippen LogP contribution in [0.1, 0.15) is 42.3 Å². The molecule has 128 valence electrons. The maximum absolute atomic E-state index is 9.27. The SMILES string of the molecule is CC(C)c1nc(C#N)c(NCC(c2cccs2)N2CCOCC2)o1. The Morgan fingerprint density at radius 1 is 1.42 bits per heavy atom. The molecule has 0 radical (unpaired) electrons. The van der Waals surface area contributed by atoms with E-state index in [1.807, 2.05) is 13.8 Å². The van der Waals surface area contributed by atoms with Gasteiger partial charge in [0.2, 0.25) is 17.5 Å². The van der Waals surface area contributed by atoms with Gasteiger partial charge in [-0.25, -0.2) is 4.98 Å². The van der Waals surface area contributed by atoms with E-state index in [4.69, 9.17) is 9.15 Å². The van der Waals surface area contributed by atoms with E-state index in [9.17, 15) is 5.26 Å². The molecule has 1 atom stereocenters. The number of nitriles is 1. The van der Waals surface area contributed by atoms with Crippen LogP contribution in [0.4, 0.5) is 5.88 Å². The molecule has 2 aromatic rings. The van der Waals surface area contributed by atoms with Gasteiger partial charge in [-0.3, -0.25) is 4.90 Å². The summed E-state index contributed by atoms with van der Waals surface area (Å²) in [6.07, 6.45) is 0. The molecule has 0 spiro atoms. The first-order valence-corrected chi connectivity index (χ1v) is 9.07. The van der Waals surface area contributed by atoms with Gasteiger partial charge in [-0.1, -0.05) is 19.9 Å². The van der Waals surface area contributed by atoms with Crippen LogP contribution in [0.15, 0.2) is 21.9 Å². The number of anilines is 1. The third-order valence-electron chi connectivity index (χ3n) is 4.06. The number of morpholine rings is 1. The minimum atomic E-state index is 0.153. The molecule has 3 heterocycles. The Morgan fingerprint density at radius 2 is 2.21 bits per heavy atom. The van der Waals surface area contributed by atoms with Crippen molar-refractivity contribution in [3.8, 4) is 6.07 Å². The zero-order chi connectivity index (χ0) is 16.9. The van der Waals surface area contributed by atoms with Crippen molar-refractivity contribution in [2.24, 2.45) is 0 Å². The van der Waals surface area contributed by atoms with Crippen LogP contribution < -0.4 is 5.32 Å². The van der Waals surface area contributed by atoms with E-state index < -0.39 is 0 Å². The van der Waals surface area contributed by atoms with Crippen molar-refractivity contribution < 1.29 is 9.15 Å². The summed E-state index contributed by atoms with van der Waals surface area (Å²) in [7, 11) is 0. The first kappa shape index (κ1) is 17.0. The number of ether oxygens (including phenoxy) is 1. The van der Waals surface area contributed by atoms with Gasteiger partial charge < -0.3 is 14.5 Å². The normalized spacial score (nSPS) is 16.9. The molecule has 1 N–H and O–H groups in total. The van der Waals surface area contributed by atoms with Gasteiger partial charge in [0.05, 0.1) is 19.3 Å². The lowest BCUT2D eigenvalue weighted by Crippen LogP contribution is -2.41. The van der Waals surface area contributed by atoms with Crippen LogP contribution in [-0.4, -0.2) is 42.7 Å². The molecule has 7 heteroatoms. The Balaban J connectivity index is 1.75. The standard InChI is InChI=1S/C17H22N4O2S/c1-12(2)16-20-13(10-18)17(23-16)19-11-14(15-4-3-9-24-15)21-5-7-22-8-6-21/h3-4,9,12,14,19H,5-8,11H2,1-2H3. The number of nitrogens with one attached hydrogen (secondary N) is 1. The summed E-state index contributed by atoms with van der Waals surface area (Å²) in [6, 6.07) is 6.56. The summed E-state index contributed by atoms with van der Waals surface area (Å²) in [5.74, 6) is 1.21. The molecule has 3 rings (SSSR count). The second-order valence-corrected chi connectivity index (χ2v) is 7.04. The maximum atomic E-state index is 9.27. The van der Waals surface area contributed by atoms with Gasteiger partial charge in [0.25, 0.3) is 0 Å². The molecular formula is C17H22N4O2S. The lowest BCUT2D eigenvalue weighted by molar-refractivity contribution is 0.0193. The summed E-state index contributed by atoms with van der Waals surface area (Å²) in [6.45, 7) is 7.99. The lowest BCUT2D eigenvalue weighted by atomic mass is 10.2. The molecule has 6 nitrogen and oxygen atoms in total. The first-order valence-electron chi connectivity index (χ1n) is 8.19. The number of nitrogens with zero attached hydrogens (tertiary/aromatic N) is 3. The molecular weight excluding hydrogens is 324 g/mol. The largest absolute Gasteiger partial charge is 0.424 e. The maximum Gasteiger partial charge on any atom is 0.232 e. The van der Waals surface area contributed by atoms with Crippen molar-refractivity contribution in [3.05, 3.63) is 34.0 Å². The average Bonchev–Trinajstić information content (AvgIpc) is 3.26. The van der Waals surface area contributed by atoms with Crippen LogP contribution in [0.2, 0.25) is 0 Å². The van der Waals surface area contributed by atoms with Crippen LogP contribution in [0, 0.1) is 11.3 Å². The van der Waals surface area contributed by atoms with E-state index >= 15 is 0 Å². The molecule has 0 bridgehead atoms. The van der Waals surface area contributed by atoms with Gasteiger partial charge in [0.15, 0.2) is 0 Å². The van der Waals surface area contributed by atoms with E-state index in [2.05, 4.69) is 38.8 Å². The fourth-order valence-electron chi connectivity index (χ4n) is 2.75. The number of thiophene rings is 1. The number of oxazole rings is 1. The van der Waals surface area contributed by atoms with E-state index in [1.54, 1.807) is 11.3 Å². The second-order valence-electron chi connectivity index (χ2n) is 6.06. The van der Waals surface area contributed by atoms with E-state index in [-0.39, 0.29) is 12.0 Å². The zero-order valence-electron chi connectivity index (χ0n) is 14.0. The number of aromatic nitrogens is 1. The van der Waals surface area contributed by atoms with Crippen molar-refractivity contribution >= 4 is 17.2 Å². The summed E-state index contributed by atoms with van der Waals surface area (Å²) in [5, 5.41) is 14.7. The minimum Gasteiger partial charge on any atom is -0.424 e. The monoisotopic (exact) mass is 346 g/mol. The highest BCUT2D eigenvalue weighted by Gasteiger charge is 2.24.